The second-order valence-corrected chi connectivity index (χ2v) is 8.92. The molecule has 0 bridgehead atoms. The number of nitrogens with one attached hydrogen (secondary N) is 1. The highest BCUT2D eigenvalue weighted by Gasteiger charge is 2.31. The summed E-state index contributed by atoms with van der Waals surface area (Å²) in [6.45, 7) is 2.72. The topological polar surface area (TPSA) is 97.6 Å². The highest BCUT2D eigenvalue weighted by molar-refractivity contribution is 5.91. The number of benzene rings is 2. The number of hydrogen-bond donors (Lipinski definition) is 1. The molecule has 0 spiro atoms. The highest BCUT2D eigenvalue weighted by atomic mass is 19.1. The molecule has 0 fully saturated rings. The average molecular weight is 515 g/mol. The van der Waals surface area contributed by atoms with E-state index in [0.717, 1.165) is 28.8 Å². The number of pyridine rings is 1. The Kier molecular flexibility index (Phi) is 7.44. The summed E-state index contributed by atoms with van der Waals surface area (Å²) in [5, 5.41) is 2.76. The van der Waals surface area contributed by atoms with Crippen LogP contribution >= 0.6 is 0 Å². The highest BCUT2D eigenvalue weighted by Crippen LogP contribution is 2.37. The number of amides is 2. The third kappa shape index (κ3) is 5.56. The van der Waals surface area contributed by atoms with Crippen molar-refractivity contribution in [2.75, 3.05) is 6.54 Å². The summed E-state index contributed by atoms with van der Waals surface area (Å²) in [5.41, 5.74) is 3.76. The number of rotatable bonds is 8. The zero-order valence-electron chi connectivity index (χ0n) is 20.9. The predicted octanol–water partition coefficient (Wildman–Crippen LogP) is 4.60. The lowest BCUT2D eigenvalue weighted by atomic mass is 9.87. The first-order valence-electron chi connectivity index (χ1n) is 12.4. The molecule has 2 aromatic heterocycles. The first-order chi connectivity index (χ1) is 18.5. The molecule has 38 heavy (non-hydrogen) atoms. The van der Waals surface area contributed by atoms with E-state index in [9.17, 15) is 14.0 Å². The Bertz CT molecular complexity index is 1420. The minimum Gasteiger partial charge on any atom is -0.484 e. The smallest absolute Gasteiger partial charge is 0.273 e. The lowest BCUT2D eigenvalue weighted by Crippen LogP contribution is -2.40. The molecule has 1 unspecified atom stereocenters. The molecule has 8 nitrogen and oxygen atoms in total. The zero-order valence-corrected chi connectivity index (χ0v) is 20.9. The third-order valence-corrected chi connectivity index (χ3v) is 6.46. The number of fused-ring (bicyclic) bond motifs is 1. The van der Waals surface area contributed by atoms with Crippen LogP contribution < -0.4 is 10.1 Å². The van der Waals surface area contributed by atoms with Crippen molar-refractivity contribution in [2.24, 2.45) is 0 Å². The SMILES string of the molecule is CCC(=O)N1CCc2ccc(OCc3nc(C(=O)NCc4ccccn4)co3)cc2C1c1ccc(F)cc1. The molecule has 5 rings (SSSR count). The van der Waals surface area contributed by atoms with Gasteiger partial charge in [0.05, 0.1) is 18.3 Å². The van der Waals surface area contributed by atoms with Gasteiger partial charge in [-0.3, -0.25) is 14.6 Å². The summed E-state index contributed by atoms with van der Waals surface area (Å²) >= 11 is 0. The van der Waals surface area contributed by atoms with E-state index >= 15 is 0 Å². The fourth-order valence-corrected chi connectivity index (χ4v) is 4.55. The van der Waals surface area contributed by atoms with Crippen molar-refractivity contribution < 1.29 is 23.1 Å². The number of hydrogen-bond acceptors (Lipinski definition) is 6. The molecule has 9 heteroatoms. The monoisotopic (exact) mass is 514 g/mol. The van der Waals surface area contributed by atoms with Gasteiger partial charge in [-0.15, -0.1) is 0 Å². The quantitative estimate of drug-likeness (QED) is 0.369. The maximum absolute atomic E-state index is 13.6. The van der Waals surface area contributed by atoms with E-state index in [2.05, 4.69) is 15.3 Å². The molecule has 0 saturated heterocycles. The van der Waals surface area contributed by atoms with E-state index in [-0.39, 0.29) is 48.4 Å². The molecule has 1 aliphatic heterocycles. The number of halogens is 1. The average Bonchev–Trinajstić information content (AvgIpc) is 3.44. The zero-order chi connectivity index (χ0) is 26.5. The van der Waals surface area contributed by atoms with Crippen LogP contribution in [0, 0.1) is 5.82 Å². The summed E-state index contributed by atoms with van der Waals surface area (Å²) in [5.74, 6) is 0.155. The van der Waals surface area contributed by atoms with E-state index in [0.29, 0.717) is 18.7 Å². The normalized spacial score (nSPS) is 14.6. The number of carbonyl (C=O) groups excluding carboxylic acids is 2. The minimum absolute atomic E-state index is 0.0190. The van der Waals surface area contributed by atoms with Crippen molar-refractivity contribution in [3.05, 3.63) is 113 Å². The second-order valence-electron chi connectivity index (χ2n) is 8.92. The van der Waals surface area contributed by atoms with E-state index in [1.807, 2.05) is 48.2 Å². The molecule has 2 aromatic carbocycles. The third-order valence-electron chi connectivity index (χ3n) is 6.46. The van der Waals surface area contributed by atoms with Gasteiger partial charge in [0.15, 0.2) is 12.3 Å². The van der Waals surface area contributed by atoms with Gasteiger partial charge in [0.1, 0.15) is 17.8 Å². The summed E-state index contributed by atoms with van der Waals surface area (Å²) in [6.07, 6.45) is 4.05. The van der Waals surface area contributed by atoms with Gasteiger partial charge < -0.3 is 19.4 Å². The van der Waals surface area contributed by atoms with Crippen LogP contribution in [0.4, 0.5) is 4.39 Å². The van der Waals surface area contributed by atoms with Crippen LogP contribution in [-0.2, 0) is 24.4 Å². The number of oxazole rings is 1. The number of aromatic nitrogens is 2. The van der Waals surface area contributed by atoms with Crippen LogP contribution in [0.1, 0.15) is 58.1 Å². The molecule has 3 heterocycles. The van der Waals surface area contributed by atoms with Gasteiger partial charge in [-0.25, -0.2) is 9.37 Å². The molecule has 1 N–H and O–H groups in total. The Balaban J connectivity index is 1.29. The lowest BCUT2D eigenvalue weighted by molar-refractivity contribution is -0.132. The summed E-state index contributed by atoms with van der Waals surface area (Å²) in [7, 11) is 0. The first kappa shape index (κ1) is 25.1. The number of nitrogens with zero attached hydrogens (tertiary/aromatic N) is 3. The molecule has 1 atom stereocenters. The van der Waals surface area contributed by atoms with Crippen molar-refractivity contribution in [1.82, 2.24) is 20.2 Å². The molecule has 0 saturated carbocycles. The van der Waals surface area contributed by atoms with E-state index in [4.69, 9.17) is 9.15 Å². The van der Waals surface area contributed by atoms with Gasteiger partial charge in [-0.2, -0.15) is 0 Å². The van der Waals surface area contributed by atoms with Gasteiger partial charge in [0, 0.05) is 19.2 Å². The van der Waals surface area contributed by atoms with Crippen LogP contribution in [-0.4, -0.2) is 33.2 Å². The van der Waals surface area contributed by atoms with E-state index in [1.54, 1.807) is 18.3 Å². The lowest BCUT2D eigenvalue weighted by Gasteiger charge is -2.38. The van der Waals surface area contributed by atoms with Crippen molar-refractivity contribution in [1.29, 1.82) is 0 Å². The maximum atomic E-state index is 13.6. The van der Waals surface area contributed by atoms with Crippen molar-refractivity contribution in [3.8, 4) is 5.75 Å². The van der Waals surface area contributed by atoms with Crippen molar-refractivity contribution in [3.63, 3.8) is 0 Å². The molecule has 1 aliphatic rings. The molecule has 2 amide bonds. The van der Waals surface area contributed by atoms with Crippen LogP contribution in [0.15, 0.2) is 77.5 Å². The molecular formula is C29H27FN4O4. The maximum Gasteiger partial charge on any atom is 0.273 e. The van der Waals surface area contributed by atoms with Gasteiger partial charge in [0.25, 0.3) is 5.91 Å². The molecular weight excluding hydrogens is 487 g/mol. The van der Waals surface area contributed by atoms with Crippen molar-refractivity contribution >= 4 is 11.8 Å². The number of ether oxygens (including phenoxy) is 1. The Hall–Kier alpha value is -4.53. The van der Waals surface area contributed by atoms with Crippen LogP contribution in [0.5, 0.6) is 5.75 Å². The largest absolute Gasteiger partial charge is 0.484 e. The van der Waals surface area contributed by atoms with Crippen LogP contribution in [0.3, 0.4) is 0 Å². The Labute approximate surface area is 219 Å². The summed E-state index contributed by atoms with van der Waals surface area (Å²) in [6, 6.07) is 17.1. The predicted molar refractivity (Wildman–Crippen MR) is 137 cm³/mol. The van der Waals surface area contributed by atoms with Crippen LogP contribution in [0.2, 0.25) is 0 Å². The fraction of sp³-hybridized carbons (Fsp3) is 0.241. The Morgan fingerprint density at radius 3 is 2.76 bits per heavy atom. The standard InChI is InChI=1S/C29H27FN4O4/c1-2-27(35)34-14-12-19-8-11-23(15-24(19)28(34)20-6-9-21(30)10-7-20)37-18-26-33-25(17-38-26)29(36)32-16-22-5-3-4-13-31-22/h3-11,13,15,17,28H,2,12,14,16,18H2,1H3,(H,32,36). The van der Waals surface area contributed by atoms with Gasteiger partial charge in [-0.05, 0) is 59.5 Å². The summed E-state index contributed by atoms with van der Waals surface area (Å²) < 4.78 is 25.0. The fourth-order valence-electron chi connectivity index (χ4n) is 4.55. The molecule has 194 valence electrons. The van der Waals surface area contributed by atoms with Gasteiger partial charge in [-0.1, -0.05) is 31.2 Å². The molecule has 0 aliphatic carbocycles. The minimum atomic E-state index is -0.373. The number of carbonyl (C=O) groups is 2. The van der Waals surface area contributed by atoms with E-state index in [1.165, 1.54) is 18.4 Å². The second kappa shape index (κ2) is 11.2. The Morgan fingerprint density at radius 1 is 1.16 bits per heavy atom. The van der Waals surface area contributed by atoms with Crippen LogP contribution in [0.25, 0.3) is 0 Å². The molecule has 4 aromatic rings. The molecule has 0 radical (unpaired) electrons. The van der Waals surface area contributed by atoms with Gasteiger partial charge in [0.2, 0.25) is 11.8 Å². The van der Waals surface area contributed by atoms with Crippen molar-refractivity contribution in [2.45, 2.75) is 39.0 Å². The van der Waals surface area contributed by atoms with E-state index < -0.39 is 0 Å². The Morgan fingerprint density at radius 2 is 2.00 bits per heavy atom. The summed E-state index contributed by atoms with van der Waals surface area (Å²) in [4.78, 5) is 35.4. The first-order valence-corrected chi connectivity index (χ1v) is 12.4. The van der Waals surface area contributed by atoms with Gasteiger partial charge >= 0.3 is 0 Å².